The van der Waals surface area contributed by atoms with Crippen LogP contribution in [0.4, 0.5) is 0 Å². The largest absolute Gasteiger partial charge is 0.477 e. The van der Waals surface area contributed by atoms with Crippen LogP contribution in [0.15, 0.2) is 85.1 Å². The van der Waals surface area contributed by atoms with Crippen LogP contribution < -0.4 is 0 Å². The number of carbonyl (C=O) groups is 3. The minimum atomic E-state index is -0.896. The Bertz CT molecular complexity index is 1060. The van der Waals surface area contributed by atoms with E-state index in [1.807, 2.05) is 75.8 Å². The first-order valence-electron chi connectivity index (χ1n) is 17.7. The van der Waals surface area contributed by atoms with Crippen molar-refractivity contribution in [3.05, 3.63) is 85.1 Å². The standard InChI is InChI=1S/C40H63NO7/c1-6-8-10-12-14-16-18-19-21-23-25-27-29-31-39(43)48-36(34-46-33-32-37(40(44)45)41(3,4)5)35-47-38(42)30-28-26-24-22-20-17-15-13-11-9-7-2/h8,10,12-21,23,25,36-37H,6-7,9,11,22,24,26-35H2,1-5H3/p+1/b10-8+,14-12+,15-13+,18-16+,20-17+,21-19+,25-23+. The smallest absolute Gasteiger partial charge is 0.362 e. The molecule has 0 saturated heterocycles. The molecule has 0 aromatic heterocycles. The summed E-state index contributed by atoms with van der Waals surface area (Å²) < 4.78 is 17.0. The highest BCUT2D eigenvalue weighted by Gasteiger charge is 2.31. The molecule has 0 aliphatic heterocycles. The quantitative estimate of drug-likeness (QED) is 0.0368. The van der Waals surface area contributed by atoms with E-state index in [2.05, 4.69) is 44.2 Å². The maximum absolute atomic E-state index is 12.6. The number of quaternary nitrogens is 1. The summed E-state index contributed by atoms with van der Waals surface area (Å²) in [5.41, 5.74) is 0. The topological polar surface area (TPSA) is 99.1 Å². The number of carboxylic acid groups (broad SMARTS) is 1. The Morgan fingerprint density at radius 3 is 1.77 bits per heavy atom. The van der Waals surface area contributed by atoms with Gasteiger partial charge in [-0.15, -0.1) is 0 Å². The molecule has 0 heterocycles. The summed E-state index contributed by atoms with van der Waals surface area (Å²) in [5.74, 6) is -1.62. The van der Waals surface area contributed by atoms with Crippen LogP contribution in [0.2, 0.25) is 0 Å². The summed E-state index contributed by atoms with van der Waals surface area (Å²) in [4.78, 5) is 36.6. The molecule has 270 valence electrons. The molecule has 1 N–H and O–H groups in total. The SMILES string of the molecule is CC/C=C/C=C/C=C/C=C/C=C/CCCC(=O)OC(COCCC(C(=O)O)[N+](C)(C)C)COC(=O)CCCCC/C=C/C=C/CCCC. The maximum Gasteiger partial charge on any atom is 0.362 e. The fourth-order valence-corrected chi connectivity index (χ4v) is 4.39. The van der Waals surface area contributed by atoms with Crippen molar-refractivity contribution in [2.24, 2.45) is 0 Å². The van der Waals surface area contributed by atoms with Gasteiger partial charge in [0.15, 0.2) is 12.1 Å². The molecular formula is C40H64NO7+. The minimum Gasteiger partial charge on any atom is -0.477 e. The van der Waals surface area contributed by atoms with Crippen molar-refractivity contribution in [3.8, 4) is 0 Å². The molecule has 0 aliphatic rings. The van der Waals surface area contributed by atoms with Crippen molar-refractivity contribution in [1.29, 1.82) is 0 Å². The highest BCUT2D eigenvalue weighted by molar-refractivity contribution is 5.72. The van der Waals surface area contributed by atoms with Gasteiger partial charge in [0.2, 0.25) is 0 Å². The highest BCUT2D eigenvalue weighted by atomic mass is 16.6. The average Bonchev–Trinajstić information content (AvgIpc) is 3.03. The number of unbranched alkanes of at least 4 members (excludes halogenated alkanes) is 6. The van der Waals surface area contributed by atoms with Crippen molar-refractivity contribution in [3.63, 3.8) is 0 Å². The number of carboxylic acids is 1. The molecule has 0 aromatic rings. The Morgan fingerprint density at radius 1 is 0.646 bits per heavy atom. The molecule has 8 heteroatoms. The van der Waals surface area contributed by atoms with Crippen molar-refractivity contribution in [1.82, 2.24) is 0 Å². The summed E-state index contributed by atoms with van der Waals surface area (Å²) >= 11 is 0. The number of esters is 2. The third-order valence-electron chi connectivity index (χ3n) is 7.18. The third kappa shape index (κ3) is 28.7. The zero-order valence-corrected chi connectivity index (χ0v) is 30.4. The Labute approximate surface area is 291 Å². The fourth-order valence-electron chi connectivity index (χ4n) is 4.39. The normalized spacial score (nSPS) is 14.1. The summed E-state index contributed by atoms with van der Waals surface area (Å²) in [6, 6.07) is -0.634. The van der Waals surface area contributed by atoms with Gasteiger partial charge >= 0.3 is 17.9 Å². The second-order valence-corrected chi connectivity index (χ2v) is 12.5. The number of rotatable bonds is 29. The van der Waals surface area contributed by atoms with E-state index in [9.17, 15) is 19.5 Å². The van der Waals surface area contributed by atoms with E-state index in [1.54, 1.807) is 0 Å². The molecule has 48 heavy (non-hydrogen) atoms. The lowest BCUT2D eigenvalue weighted by Crippen LogP contribution is -2.50. The molecule has 0 aromatic carbocycles. The van der Waals surface area contributed by atoms with Crippen LogP contribution in [0, 0.1) is 0 Å². The predicted octanol–water partition coefficient (Wildman–Crippen LogP) is 8.62. The van der Waals surface area contributed by atoms with E-state index >= 15 is 0 Å². The fraction of sp³-hybridized carbons (Fsp3) is 0.575. The molecule has 0 spiro atoms. The first-order chi connectivity index (χ1) is 23.1. The Hall–Kier alpha value is -3.49. The van der Waals surface area contributed by atoms with Crippen molar-refractivity contribution in [2.75, 3.05) is 41.0 Å². The molecule has 0 saturated carbocycles. The maximum atomic E-state index is 12.6. The highest BCUT2D eigenvalue weighted by Crippen LogP contribution is 2.10. The average molecular weight is 671 g/mol. The molecule has 0 amide bonds. The summed E-state index contributed by atoms with van der Waals surface area (Å²) in [6.45, 7) is 4.38. The van der Waals surface area contributed by atoms with Crippen LogP contribution >= 0.6 is 0 Å². The van der Waals surface area contributed by atoms with Crippen molar-refractivity contribution in [2.45, 2.75) is 109 Å². The van der Waals surface area contributed by atoms with Gasteiger partial charge in [-0.3, -0.25) is 9.59 Å². The second kappa shape index (κ2) is 30.8. The first kappa shape index (κ1) is 44.5. The Balaban J connectivity index is 4.68. The van der Waals surface area contributed by atoms with E-state index in [0.717, 1.165) is 38.5 Å². The lowest BCUT2D eigenvalue weighted by Gasteiger charge is -2.31. The molecule has 0 aliphatic carbocycles. The van der Waals surface area contributed by atoms with Crippen LogP contribution in [-0.2, 0) is 28.6 Å². The molecule has 2 atom stereocenters. The lowest BCUT2D eigenvalue weighted by molar-refractivity contribution is -0.887. The van der Waals surface area contributed by atoms with Crippen LogP contribution in [0.1, 0.15) is 97.3 Å². The molecule has 0 fully saturated rings. The van der Waals surface area contributed by atoms with Gasteiger partial charge in [-0.1, -0.05) is 118 Å². The van der Waals surface area contributed by atoms with Crippen LogP contribution in [0.5, 0.6) is 0 Å². The zero-order chi connectivity index (χ0) is 35.7. The number of aliphatic carboxylic acids is 1. The Morgan fingerprint density at radius 2 is 1.19 bits per heavy atom. The number of carbonyl (C=O) groups excluding carboxylic acids is 2. The van der Waals surface area contributed by atoms with Gasteiger partial charge in [0.25, 0.3) is 0 Å². The Kier molecular flexibility index (Phi) is 28.6. The van der Waals surface area contributed by atoms with Gasteiger partial charge < -0.3 is 23.8 Å². The molecule has 8 nitrogen and oxygen atoms in total. The number of ether oxygens (including phenoxy) is 3. The summed E-state index contributed by atoms with van der Waals surface area (Å²) in [5, 5.41) is 9.56. The van der Waals surface area contributed by atoms with E-state index in [4.69, 9.17) is 14.2 Å². The second-order valence-electron chi connectivity index (χ2n) is 12.5. The van der Waals surface area contributed by atoms with Gasteiger partial charge in [0.05, 0.1) is 34.4 Å². The molecule has 2 unspecified atom stereocenters. The van der Waals surface area contributed by atoms with Gasteiger partial charge in [-0.25, -0.2) is 4.79 Å². The number of nitrogens with zero attached hydrogens (tertiary/aromatic N) is 1. The number of likely N-dealkylation sites (N-methyl/N-ethyl adjacent to an activating group) is 1. The van der Waals surface area contributed by atoms with E-state index in [-0.39, 0.29) is 36.7 Å². The van der Waals surface area contributed by atoms with Crippen LogP contribution in [0.25, 0.3) is 0 Å². The lowest BCUT2D eigenvalue weighted by atomic mass is 10.1. The van der Waals surface area contributed by atoms with Gasteiger partial charge in [0.1, 0.15) is 6.61 Å². The number of hydrogen-bond acceptors (Lipinski definition) is 6. The van der Waals surface area contributed by atoms with E-state index in [0.29, 0.717) is 25.7 Å². The molecule has 0 rings (SSSR count). The van der Waals surface area contributed by atoms with Gasteiger partial charge in [0, 0.05) is 19.3 Å². The number of hydrogen-bond donors (Lipinski definition) is 1. The molecule has 0 bridgehead atoms. The molecule has 0 radical (unpaired) electrons. The zero-order valence-electron chi connectivity index (χ0n) is 30.4. The van der Waals surface area contributed by atoms with E-state index < -0.39 is 24.1 Å². The third-order valence-corrected chi connectivity index (χ3v) is 7.18. The van der Waals surface area contributed by atoms with Gasteiger partial charge in [-0.05, 0) is 44.9 Å². The first-order valence-corrected chi connectivity index (χ1v) is 17.7. The van der Waals surface area contributed by atoms with Crippen molar-refractivity contribution < 1.29 is 38.2 Å². The summed E-state index contributed by atoms with van der Waals surface area (Å²) in [7, 11) is 5.46. The summed E-state index contributed by atoms with van der Waals surface area (Å²) in [6.07, 6.45) is 37.9. The monoisotopic (exact) mass is 670 g/mol. The minimum absolute atomic E-state index is 0.0179. The van der Waals surface area contributed by atoms with Crippen molar-refractivity contribution >= 4 is 17.9 Å². The van der Waals surface area contributed by atoms with Crippen LogP contribution in [-0.4, -0.2) is 80.6 Å². The molecular weight excluding hydrogens is 606 g/mol. The number of allylic oxidation sites excluding steroid dienone is 14. The van der Waals surface area contributed by atoms with E-state index in [1.165, 1.54) is 12.8 Å². The predicted molar refractivity (Wildman–Crippen MR) is 196 cm³/mol. The van der Waals surface area contributed by atoms with Crippen LogP contribution in [0.3, 0.4) is 0 Å². The van der Waals surface area contributed by atoms with Gasteiger partial charge in [-0.2, -0.15) is 0 Å².